The minimum atomic E-state index is -0.785. The van der Waals surface area contributed by atoms with Crippen molar-refractivity contribution in [2.24, 2.45) is 12.8 Å². The zero-order valence-corrected chi connectivity index (χ0v) is 10.4. The summed E-state index contributed by atoms with van der Waals surface area (Å²) in [5.41, 5.74) is 11.7. The molecule has 6 nitrogen and oxygen atoms in total. The van der Waals surface area contributed by atoms with Crippen LogP contribution in [-0.4, -0.2) is 39.6 Å². The van der Waals surface area contributed by atoms with Crippen LogP contribution in [0.15, 0.2) is 6.20 Å². The number of nitrogens with two attached hydrogens (primary N) is 2. The minimum absolute atomic E-state index is 0.0319. The van der Waals surface area contributed by atoms with Crippen LogP contribution < -0.4 is 16.4 Å². The van der Waals surface area contributed by atoms with Crippen molar-refractivity contribution >= 4 is 11.5 Å². The van der Waals surface area contributed by atoms with Gasteiger partial charge in [0.05, 0.1) is 17.5 Å². The third-order valence-electron chi connectivity index (χ3n) is 3.24. The van der Waals surface area contributed by atoms with Gasteiger partial charge < -0.3 is 21.5 Å². The molecule has 0 spiro atoms. The van der Waals surface area contributed by atoms with Gasteiger partial charge in [-0.15, -0.1) is 0 Å². The second-order valence-electron chi connectivity index (χ2n) is 5.22. The van der Waals surface area contributed by atoms with Gasteiger partial charge in [0.1, 0.15) is 5.82 Å². The summed E-state index contributed by atoms with van der Waals surface area (Å²) in [5, 5.41) is 14.4. The fourth-order valence-corrected chi connectivity index (χ4v) is 2.56. The summed E-state index contributed by atoms with van der Waals surface area (Å²) in [4.78, 5) is 2.06. The number of rotatable bonds is 1. The van der Waals surface area contributed by atoms with E-state index in [4.69, 9.17) is 11.5 Å². The SMILES string of the molecule is Cn1ncc(N)c1N1CCC(N)CC(C)(O)C1. The van der Waals surface area contributed by atoms with Crippen LogP contribution in [0.2, 0.25) is 0 Å². The van der Waals surface area contributed by atoms with Crippen LogP contribution in [0.1, 0.15) is 19.8 Å². The monoisotopic (exact) mass is 239 g/mol. The Kier molecular flexibility index (Phi) is 3.01. The van der Waals surface area contributed by atoms with Crippen LogP contribution in [-0.2, 0) is 7.05 Å². The molecule has 1 saturated heterocycles. The van der Waals surface area contributed by atoms with Gasteiger partial charge in [-0.3, -0.25) is 4.68 Å². The molecule has 0 aliphatic carbocycles. The Bertz CT molecular complexity index is 381. The second-order valence-corrected chi connectivity index (χ2v) is 5.22. The topological polar surface area (TPSA) is 93.3 Å². The third kappa shape index (κ3) is 2.53. The summed E-state index contributed by atoms with van der Waals surface area (Å²) in [6.07, 6.45) is 3.09. The molecule has 2 atom stereocenters. The molecule has 5 N–H and O–H groups in total. The predicted molar refractivity (Wildman–Crippen MR) is 67.7 cm³/mol. The van der Waals surface area contributed by atoms with E-state index in [1.54, 1.807) is 10.9 Å². The zero-order valence-electron chi connectivity index (χ0n) is 10.4. The molecule has 0 bridgehead atoms. The average molecular weight is 239 g/mol. The summed E-state index contributed by atoms with van der Waals surface area (Å²) < 4.78 is 1.74. The summed E-state index contributed by atoms with van der Waals surface area (Å²) in [6, 6.07) is 0.0319. The number of anilines is 2. The van der Waals surface area contributed by atoms with Crippen molar-refractivity contribution in [2.45, 2.75) is 31.4 Å². The molecule has 0 aromatic carbocycles. The van der Waals surface area contributed by atoms with E-state index in [9.17, 15) is 5.11 Å². The number of aryl methyl sites for hydroxylation is 1. The molecule has 2 heterocycles. The molecule has 0 saturated carbocycles. The summed E-state index contributed by atoms with van der Waals surface area (Å²) >= 11 is 0. The fraction of sp³-hybridized carbons (Fsp3) is 0.727. The molecule has 1 aliphatic rings. The van der Waals surface area contributed by atoms with Crippen LogP contribution >= 0.6 is 0 Å². The lowest BCUT2D eigenvalue weighted by Crippen LogP contribution is -2.41. The molecule has 1 aliphatic heterocycles. The van der Waals surface area contributed by atoms with Crippen LogP contribution in [0, 0.1) is 0 Å². The molecule has 1 aromatic heterocycles. The van der Waals surface area contributed by atoms with Crippen LogP contribution in [0.3, 0.4) is 0 Å². The number of hydrogen-bond donors (Lipinski definition) is 3. The van der Waals surface area contributed by atoms with E-state index in [0.29, 0.717) is 18.7 Å². The second kappa shape index (κ2) is 4.19. The molecule has 2 unspecified atom stereocenters. The maximum Gasteiger partial charge on any atom is 0.150 e. The first kappa shape index (κ1) is 12.2. The number of β-amino-alcohol motifs (C(OH)–C–C–N with tert-alkyl or cyclic N) is 1. The smallest absolute Gasteiger partial charge is 0.150 e. The molecule has 1 aromatic rings. The van der Waals surface area contributed by atoms with Crippen LogP contribution in [0.5, 0.6) is 0 Å². The van der Waals surface area contributed by atoms with E-state index >= 15 is 0 Å². The number of hydrogen-bond acceptors (Lipinski definition) is 5. The average Bonchev–Trinajstić information content (AvgIpc) is 2.45. The van der Waals surface area contributed by atoms with E-state index < -0.39 is 5.60 Å². The molecule has 2 rings (SSSR count). The molecule has 1 fully saturated rings. The first-order chi connectivity index (χ1) is 7.89. The highest BCUT2D eigenvalue weighted by Crippen LogP contribution is 2.28. The Labute approximate surface area is 101 Å². The van der Waals surface area contributed by atoms with Gasteiger partial charge in [0, 0.05) is 26.2 Å². The Balaban J connectivity index is 2.27. The summed E-state index contributed by atoms with van der Waals surface area (Å²) in [5.74, 6) is 0.861. The van der Waals surface area contributed by atoms with Gasteiger partial charge in [0.2, 0.25) is 0 Å². The largest absolute Gasteiger partial charge is 0.394 e. The van der Waals surface area contributed by atoms with Gasteiger partial charge in [-0.05, 0) is 19.8 Å². The number of aliphatic hydroxyl groups is 1. The van der Waals surface area contributed by atoms with Gasteiger partial charge in [-0.1, -0.05) is 0 Å². The van der Waals surface area contributed by atoms with Crippen molar-refractivity contribution in [1.29, 1.82) is 0 Å². The van der Waals surface area contributed by atoms with Crippen LogP contribution in [0.4, 0.5) is 11.5 Å². The molecular weight excluding hydrogens is 218 g/mol. The lowest BCUT2D eigenvalue weighted by atomic mass is 9.97. The Hall–Kier alpha value is -1.27. The van der Waals surface area contributed by atoms with Gasteiger partial charge in [0.15, 0.2) is 0 Å². The fourth-order valence-electron chi connectivity index (χ4n) is 2.56. The minimum Gasteiger partial charge on any atom is -0.394 e. The lowest BCUT2D eigenvalue weighted by Gasteiger charge is -2.30. The van der Waals surface area contributed by atoms with Crippen molar-refractivity contribution in [1.82, 2.24) is 9.78 Å². The Morgan fingerprint density at radius 2 is 2.29 bits per heavy atom. The molecule has 0 radical (unpaired) electrons. The molecule has 96 valence electrons. The number of aromatic nitrogens is 2. The number of nitrogens with zero attached hydrogens (tertiary/aromatic N) is 3. The van der Waals surface area contributed by atoms with Crippen LogP contribution in [0.25, 0.3) is 0 Å². The third-order valence-corrected chi connectivity index (χ3v) is 3.24. The van der Waals surface area contributed by atoms with E-state index in [1.165, 1.54) is 0 Å². The van der Waals surface area contributed by atoms with Crippen molar-refractivity contribution in [3.63, 3.8) is 0 Å². The lowest BCUT2D eigenvalue weighted by molar-refractivity contribution is 0.0568. The molecule has 0 amide bonds. The highest BCUT2D eigenvalue weighted by atomic mass is 16.3. The quantitative estimate of drug-likeness (QED) is 0.624. The standard InChI is InChI=1S/C11H21N5O/c1-11(17)5-8(12)3-4-16(7-11)10-9(13)6-14-15(10)2/h6,8,17H,3-5,7,12-13H2,1-2H3. The van der Waals surface area contributed by atoms with Crippen molar-refractivity contribution < 1.29 is 5.11 Å². The van der Waals surface area contributed by atoms with Gasteiger partial charge in [-0.2, -0.15) is 5.10 Å². The van der Waals surface area contributed by atoms with Crippen molar-refractivity contribution in [3.05, 3.63) is 6.20 Å². The zero-order chi connectivity index (χ0) is 12.6. The summed E-state index contributed by atoms with van der Waals surface area (Å²) in [7, 11) is 1.85. The van der Waals surface area contributed by atoms with E-state index in [0.717, 1.165) is 18.8 Å². The van der Waals surface area contributed by atoms with Crippen molar-refractivity contribution in [3.8, 4) is 0 Å². The van der Waals surface area contributed by atoms with Crippen molar-refractivity contribution in [2.75, 3.05) is 23.7 Å². The van der Waals surface area contributed by atoms with E-state index in [1.807, 2.05) is 14.0 Å². The summed E-state index contributed by atoms with van der Waals surface area (Å²) in [6.45, 7) is 3.14. The Morgan fingerprint density at radius 1 is 1.59 bits per heavy atom. The maximum absolute atomic E-state index is 10.3. The highest BCUT2D eigenvalue weighted by Gasteiger charge is 2.32. The predicted octanol–water partition coefficient (Wildman–Crippen LogP) is -0.319. The highest BCUT2D eigenvalue weighted by molar-refractivity contribution is 5.62. The van der Waals surface area contributed by atoms with E-state index in [2.05, 4.69) is 10.00 Å². The Morgan fingerprint density at radius 3 is 2.88 bits per heavy atom. The molecule has 17 heavy (non-hydrogen) atoms. The molecule has 6 heteroatoms. The first-order valence-corrected chi connectivity index (χ1v) is 5.89. The van der Waals surface area contributed by atoms with E-state index in [-0.39, 0.29) is 6.04 Å². The maximum atomic E-state index is 10.3. The normalized spacial score (nSPS) is 30.4. The molecular formula is C11H21N5O. The van der Waals surface area contributed by atoms with Gasteiger partial charge >= 0.3 is 0 Å². The van der Waals surface area contributed by atoms with Gasteiger partial charge in [-0.25, -0.2) is 0 Å². The number of nitrogen functional groups attached to an aromatic ring is 1. The first-order valence-electron chi connectivity index (χ1n) is 5.89. The van der Waals surface area contributed by atoms with Gasteiger partial charge in [0.25, 0.3) is 0 Å².